The summed E-state index contributed by atoms with van der Waals surface area (Å²) in [4.78, 5) is 2.19. The first-order valence-corrected chi connectivity index (χ1v) is 7.14. The molecule has 0 spiro atoms. The topological polar surface area (TPSA) is 53.3 Å². The van der Waals surface area contributed by atoms with Crippen molar-refractivity contribution in [2.24, 2.45) is 7.05 Å². The molecule has 1 atom stereocenters. The molecule has 0 radical (unpaired) electrons. The van der Waals surface area contributed by atoms with E-state index >= 15 is 0 Å². The highest BCUT2D eigenvalue weighted by atomic mass is 16.3. The zero-order valence-electron chi connectivity index (χ0n) is 12.5. The predicted octanol–water partition coefficient (Wildman–Crippen LogP) is 1.19. The zero-order valence-corrected chi connectivity index (χ0v) is 12.5. The molecule has 1 aromatic rings. The molecule has 0 aromatic carbocycles. The number of nitrogens with one attached hydrogen (secondary N) is 1. The Kier molecular flexibility index (Phi) is 4.47. The third kappa shape index (κ3) is 3.70. The Morgan fingerprint density at radius 1 is 1.53 bits per heavy atom. The monoisotopic (exact) mass is 266 g/mol. The molecule has 1 aliphatic rings. The number of aromatic nitrogens is 2. The number of hydrogen-bond acceptors (Lipinski definition) is 4. The Morgan fingerprint density at radius 3 is 2.79 bits per heavy atom. The normalized spacial score (nSPS) is 16.7. The Bertz CT molecular complexity index is 423. The van der Waals surface area contributed by atoms with Crippen LogP contribution in [0.4, 0.5) is 5.82 Å². The van der Waals surface area contributed by atoms with Gasteiger partial charge in [-0.15, -0.1) is 0 Å². The maximum Gasteiger partial charge on any atom is 0.131 e. The Labute approximate surface area is 115 Å². The lowest BCUT2D eigenvalue weighted by atomic mass is 10.2. The summed E-state index contributed by atoms with van der Waals surface area (Å²) in [5.41, 5.74) is 2.37. The fourth-order valence-corrected chi connectivity index (χ4v) is 2.39. The fraction of sp³-hybridized carbons (Fsp3) is 0.786. The minimum Gasteiger partial charge on any atom is -0.393 e. The van der Waals surface area contributed by atoms with Crippen molar-refractivity contribution < 1.29 is 5.11 Å². The molecule has 1 aromatic heterocycles. The zero-order chi connectivity index (χ0) is 14.0. The fourth-order valence-electron chi connectivity index (χ4n) is 2.39. The highest BCUT2D eigenvalue weighted by Gasteiger charge is 2.23. The number of nitrogens with zero attached hydrogens (tertiary/aromatic N) is 3. The first-order valence-electron chi connectivity index (χ1n) is 7.14. The van der Waals surface area contributed by atoms with Crippen LogP contribution in [0.25, 0.3) is 0 Å². The number of rotatable bonds is 7. The lowest BCUT2D eigenvalue weighted by Crippen LogP contribution is -2.26. The molecule has 0 aliphatic heterocycles. The van der Waals surface area contributed by atoms with Crippen molar-refractivity contribution in [3.63, 3.8) is 0 Å². The van der Waals surface area contributed by atoms with Crippen LogP contribution < -0.4 is 10.2 Å². The number of aliphatic hydroxyl groups excluding tert-OH is 1. The minimum atomic E-state index is -0.259. The molecule has 108 valence electrons. The van der Waals surface area contributed by atoms with Crippen LogP contribution in [0.2, 0.25) is 0 Å². The second-order valence-corrected chi connectivity index (χ2v) is 5.73. The molecular formula is C14H26N4O. The van der Waals surface area contributed by atoms with Crippen LogP contribution in [0, 0.1) is 6.92 Å². The predicted molar refractivity (Wildman–Crippen MR) is 77.4 cm³/mol. The molecule has 5 heteroatoms. The Balaban J connectivity index is 2.07. The van der Waals surface area contributed by atoms with E-state index in [0.717, 1.165) is 31.0 Å². The van der Waals surface area contributed by atoms with Crippen LogP contribution >= 0.6 is 0 Å². The van der Waals surface area contributed by atoms with E-state index in [1.807, 2.05) is 18.7 Å². The molecule has 0 bridgehead atoms. The second kappa shape index (κ2) is 5.92. The summed E-state index contributed by atoms with van der Waals surface area (Å²) in [7, 11) is 4.06. The summed E-state index contributed by atoms with van der Waals surface area (Å²) in [6, 6.07) is 0.704. The smallest absolute Gasteiger partial charge is 0.131 e. The van der Waals surface area contributed by atoms with Gasteiger partial charge < -0.3 is 15.3 Å². The molecule has 1 heterocycles. The molecule has 2 rings (SSSR count). The van der Waals surface area contributed by atoms with Gasteiger partial charge in [-0.2, -0.15) is 5.10 Å². The van der Waals surface area contributed by atoms with Gasteiger partial charge >= 0.3 is 0 Å². The van der Waals surface area contributed by atoms with Gasteiger partial charge in [-0.1, -0.05) is 0 Å². The molecule has 5 nitrogen and oxygen atoms in total. The molecule has 0 saturated heterocycles. The number of aryl methyl sites for hydroxylation is 2. The van der Waals surface area contributed by atoms with Gasteiger partial charge in [0.25, 0.3) is 0 Å². The molecule has 0 amide bonds. The largest absolute Gasteiger partial charge is 0.393 e. The van der Waals surface area contributed by atoms with Crippen LogP contribution in [0.15, 0.2) is 0 Å². The van der Waals surface area contributed by atoms with Crippen LogP contribution in [-0.4, -0.2) is 40.6 Å². The van der Waals surface area contributed by atoms with Gasteiger partial charge in [-0.05, 0) is 33.1 Å². The van der Waals surface area contributed by atoms with E-state index in [4.69, 9.17) is 0 Å². The summed E-state index contributed by atoms with van der Waals surface area (Å²) in [5, 5.41) is 17.5. The summed E-state index contributed by atoms with van der Waals surface area (Å²) >= 11 is 0. The standard InChI is InChI=1S/C14H26N4O/c1-10(19)7-8-17(3)14-13(9-15-12-5-6-12)11(2)16-18(14)4/h10,12,15,19H,5-9H2,1-4H3. The van der Waals surface area contributed by atoms with E-state index in [1.165, 1.54) is 18.4 Å². The molecule has 19 heavy (non-hydrogen) atoms. The van der Waals surface area contributed by atoms with E-state index in [0.29, 0.717) is 6.04 Å². The first kappa shape index (κ1) is 14.3. The second-order valence-electron chi connectivity index (χ2n) is 5.73. The third-order valence-corrected chi connectivity index (χ3v) is 3.70. The van der Waals surface area contributed by atoms with E-state index in [2.05, 4.69) is 29.3 Å². The maximum absolute atomic E-state index is 9.41. The summed E-state index contributed by atoms with van der Waals surface area (Å²) in [6.45, 7) is 5.62. The van der Waals surface area contributed by atoms with Gasteiger partial charge in [-0.3, -0.25) is 4.68 Å². The van der Waals surface area contributed by atoms with Gasteiger partial charge in [0.05, 0.1) is 11.8 Å². The van der Waals surface area contributed by atoms with Crippen molar-refractivity contribution in [1.82, 2.24) is 15.1 Å². The highest BCUT2D eigenvalue weighted by Crippen LogP contribution is 2.25. The number of aliphatic hydroxyl groups is 1. The van der Waals surface area contributed by atoms with Crippen molar-refractivity contribution in [3.8, 4) is 0 Å². The summed E-state index contributed by atoms with van der Waals surface area (Å²) in [6.07, 6.45) is 3.11. The van der Waals surface area contributed by atoms with Crippen molar-refractivity contribution >= 4 is 5.82 Å². The Hall–Kier alpha value is -1.07. The average molecular weight is 266 g/mol. The van der Waals surface area contributed by atoms with E-state index in [9.17, 15) is 5.11 Å². The molecule has 1 fully saturated rings. The van der Waals surface area contributed by atoms with Gasteiger partial charge in [0.15, 0.2) is 0 Å². The van der Waals surface area contributed by atoms with E-state index in [1.54, 1.807) is 0 Å². The molecule has 1 saturated carbocycles. The lowest BCUT2D eigenvalue weighted by Gasteiger charge is -2.22. The summed E-state index contributed by atoms with van der Waals surface area (Å²) < 4.78 is 1.95. The number of hydrogen-bond donors (Lipinski definition) is 2. The van der Waals surface area contributed by atoms with Gasteiger partial charge in [0, 0.05) is 38.8 Å². The van der Waals surface area contributed by atoms with Crippen LogP contribution in [0.5, 0.6) is 0 Å². The highest BCUT2D eigenvalue weighted by molar-refractivity contribution is 5.49. The SMILES string of the molecule is Cc1nn(C)c(N(C)CCC(C)O)c1CNC1CC1. The molecule has 1 unspecified atom stereocenters. The van der Waals surface area contributed by atoms with E-state index < -0.39 is 0 Å². The quantitative estimate of drug-likeness (QED) is 0.778. The minimum absolute atomic E-state index is 0.259. The van der Waals surface area contributed by atoms with E-state index in [-0.39, 0.29) is 6.10 Å². The maximum atomic E-state index is 9.41. The van der Waals surface area contributed by atoms with Crippen LogP contribution in [-0.2, 0) is 13.6 Å². The first-order chi connectivity index (χ1) is 8.99. The van der Waals surface area contributed by atoms with Crippen molar-refractivity contribution in [1.29, 1.82) is 0 Å². The summed E-state index contributed by atoms with van der Waals surface area (Å²) in [5.74, 6) is 1.16. The van der Waals surface area contributed by atoms with Gasteiger partial charge in [0.2, 0.25) is 0 Å². The van der Waals surface area contributed by atoms with Crippen molar-refractivity contribution in [3.05, 3.63) is 11.3 Å². The average Bonchev–Trinajstić information content (AvgIpc) is 3.10. The van der Waals surface area contributed by atoms with Crippen molar-refractivity contribution in [2.45, 2.75) is 51.8 Å². The van der Waals surface area contributed by atoms with Crippen molar-refractivity contribution in [2.75, 3.05) is 18.5 Å². The molecule has 2 N–H and O–H groups in total. The Morgan fingerprint density at radius 2 is 2.21 bits per heavy atom. The lowest BCUT2D eigenvalue weighted by molar-refractivity contribution is 0.186. The number of anilines is 1. The van der Waals surface area contributed by atoms with Crippen LogP contribution in [0.1, 0.15) is 37.4 Å². The molecule has 1 aliphatic carbocycles. The molecular weight excluding hydrogens is 240 g/mol. The van der Waals surface area contributed by atoms with Gasteiger partial charge in [0.1, 0.15) is 5.82 Å². The van der Waals surface area contributed by atoms with Gasteiger partial charge in [-0.25, -0.2) is 0 Å². The third-order valence-electron chi connectivity index (χ3n) is 3.70. The van der Waals surface area contributed by atoms with Crippen LogP contribution in [0.3, 0.4) is 0 Å².